The van der Waals surface area contributed by atoms with Gasteiger partial charge in [0.1, 0.15) is 6.07 Å². The molecule has 0 aromatic heterocycles. The second kappa shape index (κ2) is 4.84. The van der Waals surface area contributed by atoms with Crippen LogP contribution in [0.4, 0.5) is 0 Å². The molecule has 1 aromatic rings. The van der Waals surface area contributed by atoms with E-state index in [0.717, 1.165) is 17.6 Å². The van der Waals surface area contributed by atoms with Crippen molar-refractivity contribution < 1.29 is 4.79 Å². The molecular weight excluding hydrogens is 258 g/mol. The van der Waals surface area contributed by atoms with Crippen LogP contribution in [-0.4, -0.2) is 5.78 Å². The number of rotatable bonds is 1. The highest BCUT2D eigenvalue weighted by Crippen LogP contribution is 2.47. The van der Waals surface area contributed by atoms with Crippen LogP contribution in [0.3, 0.4) is 0 Å². The topological polar surface area (TPSA) is 40.9 Å². The van der Waals surface area contributed by atoms with E-state index in [1.807, 2.05) is 20.8 Å². The number of hydrogen-bond donors (Lipinski definition) is 0. The third kappa shape index (κ3) is 2.65. The summed E-state index contributed by atoms with van der Waals surface area (Å²) in [7, 11) is 0. The minimum Gasteiger partial charge on any atom is -0.293 e. The average molecular weight is 281 g/mol. The lowest BCUT2D eigenvalue weighted by Crippen LogP contribution is -2.22. The van der Waals surface area contributed by atoms with E-state index in [-0.39, 0.29) is 11.2 Å². The van der Waals surface area contributed by atoms with Gasteiger partial charge in [-0.3, -0.25) is 4.79 Å². The van der Waals surface area contributed by atoms with E-state index in [0.29, 0.717) is 5.57 Å². The Morgan fingerprint density at radius 1 is 1.29 bits per heavy atom. The van der Waals surface area contributed by atoms with Gasteiger partial charge in [0.15, 0.2) is 5.78 Å². The maximum atomic E-state index is 12.6. The smallest absolute Gasteiger partial charge is 0.178 e. The van der Waals surface area contributed by atoms with Crippen LogP contribution in [0.15, 0.2) is 23.8 Å². The van der Waals surface area contributed by atoms with E-state index in [1.54, 1.807) is 0 Å². The number of fused-ring (bicyclic) bond motifs is 1. The van der Waals surface area contributed by atoms with E-state index >= 15 is 0 Å². The normalized spacial score (nSPS) is 18.9. The summed E-state index contributed by atoms with van der Waals surface area (Å²) in [6.45, 7) is 12.0. The SMILES string of the molecule is Cc1ccc2c(c1)C(C)(C)CC2=C(C#N)C(=O)C(C)(C)C. The quantitative estimate of drug-likeness (QED) is 0.559. The van der Waals surface area contributed by atoms with Crippen LogP contribution in [0.25, 0.3) is 5.57 Å². The molecule has 0 N–H and O–H groups in total. The van der Waals surface area contributed by atoms with Gasteiger partial charge >= 0.3 is 0 Å². The monoisotopic (exact) mass is 281 g/mol. The third-order valence-electron chi connectivity index (χ3n) is 4.17. The van der Waals surface area contributed by atoms with E-state index in [4.69, 9.17) is 0 Å². The van der Waals surface area contributed by atoms with E-state index in [1.165, 1.54) is 11.1 Å². The largest absolute Gasteiger partial charge is 0.293 e. The number of aryl methyl sites for hydroxylation is 1. The summed E-state index contributed by atoms with van der Waals surface area (Å²) >= 11 is 0. The molecule has 2 nitrogen and oxygen atoms in total. The van der Waals surface area contributed by atoms with Gasteiger partial charge in [0.05, 0.1) is 5.57 Å². The number of carbonyl (C=O) groups excluding carboxylic acids is 1. The Morgan fingerprint density at radius 2 is 1.90 bits per heavy atom. The first-order valence-electron chi connectivity index (χ1n) is 7.37. The predicted molar refractivity (Wildman–Crippen MR) is 85.8 cm³/mol. The molecule has 1 aliphatic rings. The van der Waals surface area contributed by atoms with Gasteiger partial charge in [-0.1, -0.05) is 58.4 Å². The first kappa shape index (κ1) is 15.5. The van der Waals surface area contributed by atoms with Gasteiger partial charge in [0.2, 0.25) is 0 Å². The van der Waals surface area contributed by atoms with Crippen molar-refractivity contribution in [3.63, 3.8) is 0 Å². The Bertz CT molecular complexity index is 678. The van der Waals surface area contributed by atoms with E-state index in [2.05, 4.69) is 45.0 Å². The number of carbonyl (C=O) groups is 1. The molecule has 1 aromatic carbocycles. The summed E-state index contributed by atoms with van der Waals surface area (Å²) in [5.74, 6) is -0.0655. The second-order valence-corrected chi connectivity index (χ2v) is 7.65. The van der Waals surface area contributed by atoms with Crippen LogP contribution in [0.5, 0.6) is 0 Å². The van der Waals surface area contributed by atoms with Crippen molar-refractivity contribution >= 4 is 11.4 Å². The molecule has 0 bridgehead atoms. The van der Waals surface area contributed by atoms with Crippen LogP contribution in [0.1, 0.15) is 57.7 Å². The molecule has 0 saturated heterocycles. The van der Waals surface area contributed by atoms with Crippen molar-refractivity contribution in [2.45, 2.75) is 53.4 Å². The maximum absolute atomic E-state index is 12.6. The predicted octanol–water partition coefficient (Wildman–Crippen LogP) is 4.57. The number of benzene rings is 1. The summed E-state index contributed by atoms with van der Waals surface area (Å²) in [5, 5.41) is 9.54. The van der Waals surface area contributed by atoms with Crippen LogP contribution in [0.2, 0.25) is 0 Å². The van der Waals surface area contributed by atoms with Gasteiger partial charge in [-0.25, -0.2) is 0 Å². The first-order chi connectivity index (χ1) is 9.58. The fraction of sp³-hybridized carbons (Fsp3) is 0.474. The minimum absolute atomic E-state index is 0.0308. The summed E-state index contributed by atoms with van der Waals surface area (Å²) in [6.07, 6.45) is 0.747. The van der Waals surface area contributed by atoms with Gasteiger partial charge in [-0.2, -0.15) is 5.26 Å². The van der Waals surface area contributed by atoms with Crippen molar-refractivity contribution in [1.29, 1.82) is 5.26 Å². The summed E-state index contributed by atoms with van der Waals surface area (Å²) in [6, 6.07) is 8.46. The third-order valence-corrected chi connectivity index (χ3v) is 4.17. The zero-order chi connectivity index (χ0) is 16.0. The Morgan fingerprint density at radius 3 is 2.43 bits per heavy atom. The van der Waals surface area contributed by atoms with Crippen LogP contribution in [-0.2, 0) is 10.2 Å². The average Bonchev–Trinajstić information content (AvgIpc) is 2.61. The lowest BCUT2D eigenvalue weighted by atomic mass is 9.83. The Balaban J connectivity index is 2.70. The highest BCUT2D eigenvalue weighted by atomic mass is 16.1. The number of ketones is 1. The van der Waals surface area contributed by atoms with Gasteiger partial charge < -0.3 is 0 Å². The second-order valence-electron chi connectivity index (χ2n) is 7.65. The molecule has 0 heterocycles. The molecule has 21 heavy (non-hydrogen) atoms. The number of hydrogen-bond acceptors (Lipinski definition) is 2. The Labute approximate surface area is 127 Å². The molecule has 0 fully saturated rings. The van der Waals surface area contributed by atoms with Crippen molar-refractivity contribution in [2.75, 3.05) is 0 Å². The lowest BCUT2D eigenvalue weighted by Gasteiger charge is -2.19. The van der Waals surface area contributed by atoms with E-state index in [9.17, 15) is 10.1 Å². The lowest BCUT2D eigenvalue weighted by molar-refractivity contribution is -0.122. The molecule has 0 aliphatic heterocycles. The number of nitrogens with zero attached hydrogens (tertiary/aromatic N) is 1. The molecule has 0 radical (unpaired) electrons. The molecule has 0 atom stereocenters. The molecule has 1 aliphatic carbocycles. The Hall–Kier alpha value is -1.88. The molecular formula is C19H23NO. The molecule has 0 spiro atoms. The highest BCUT2D eigenvalue weighted by Gasteiger charge is 2.37. The minimum atomic E-state index is -0.532. The maximum Gasteiger partial charge on any atom is 0.178 e. The fourth-order valence-corrected chi connectivity index (χ4v) is 2.97. The molecule has 0 unspecified atom stereocenters. The van der Waals surface area contributed by atoms with Crippen LogP contribution in [0, 0.1) is 23.7 Å². The zero-order valence-electron chi connectivity index (χ0n) is 13.8. The van der Waals surface area contributed by atoms with Gasteiger partial charge in [0.25, 0.3) is 0 Å². The van der Waals surface area contributed by atoms with Gasteiger partial charge in [-0.05, 0) is 35.5 Å². The van der Waals surface area contributed by atoms with Crippen LogP contribution < -0.4 is 0 Å². The fourth-order valence-electron chi connectivity index (χ4n) is 2.97. The first-order valence-corrected chi connectivity index (χ1v) is 7.37. The van der Waals surface area contributed by atoms with E-state index < -0.39 is 5.41 Å². The number of Topliss-reactive ketones (excluding diaryl/α,β-unsaturated/α-hetero) is 1. The van der Waals surface area contributed by atoms with Gasteiger partial charge in [-0.15, -0.1) is 0 Å². The van der Waals surface area contributed by atoms with Crippen molar-refractivity contribution in [3.8, 4) is 6.07 Å². The molecule has 110 valence electrons. The highest BCUT2D eigenvalue weighted by molar-refractivity contribution is 6.09. The van der Waals surface area contributed by atoms with Gasteiger partial charge in [0, 0.05) is 5.41 Å². The summed E-state index contributed by atoms with van der Waals surface area (Å²) in [5.41, 5.74) is 4.21. The van der Waals surface area contributed by atoms with Crippen molar-refractivity contribution in [2.24, 2.45) is 5.41 Å². The number of allylic oxidation sites excluding steroid dienone is 2. The van der Waals surface area contributed by atoms with Crippen LogP contribution >= 0.6 is 0 Å². The number of nitriles is 1. The molecule has 2 rings (SSSR count). The summed E-state index contributed by atoms with van der Waals surface area (Å²) in [4.78, 5) is 12.6. The van der Waals surface area contributed by atoms with Crippen molar-refractivity contribution in [3.05, 3.63) is 40.5 Å². The van der Waals surface area contributed by atoms with Crippen molar-refractivity contribution in [1.82, 2.24) is 0 Å². The molecule has 0 saturated carbocycles. The standard InChI is InChI=1S/C19H23NO/c1-12-7-8-13-14(10-19(5,6)16(13)9-12)15(11-20)17(21)18(2,3)4/h7-9H,10H2,1-6H3. The summed E-state index contributed by atoms with van der Waals surface area (Å²) < 4.78 is 0. The molecule has 0 amide bonds. The molecule has 2 heteroatoms. The Kier molecular flexibility index (Phi) is 3.58. The zero-order valence-corrected chi connectivity index (χ0v) is 13.8.